The van der Waals surface area contributed by atoms with Crippen molar-refractivity contribution in [3.8, 4) is 11.3 Å². The van der Waals surface area contributed by atoms with Crippen molar-refractivity contribution in [1.29, 1.82) is 0 Å². The molecule has 24 heavy (non-hydrogen) atoms. The summed E-state index contributed by atoms with van der Waals surface area (Å²) in [6.07, 6.45) is 0. The van der Waals surface area contributed by atoms with Gasteiger partial charge in [0.05, 0.1) is 6.04 Å². The number of aromatic nitrogens is 1. The van der Waals surface area contributed by atoms with Crippen LogP contribution in [0.2, 0.25) is 0 Å². The number of pyridine rings is 1. The zero-order chi connectivity index (χ0) is 17.1. The molecule has 1 aromatic heterocycles. The van der Waals surface area contributed by atoms with E-state index in [1.165, 1.54) is 39.3 Å². The van der Waals surface area contributed by atoms with Gasteiger partial charge in [-0.05, 0) is 46.5 Å². The fourth-order valence-corrected chi connectivity index (χ4v) is 3.83. The molecule has 1 unspecified atom stereocenters. The van der Waals surface area contributed by atoms with Crippen LogP contribution < -0.4 is 4.57 Å². The molecule has 0 bridgehead atoms. The second-order valence-electron chi connectivity index (χ2n) is 8.03. The van der Waals surface area contributed by atoms with Crippen molar-refractivity contribution in [2.75, 3.05) is 0 Å². The van der Waals surface area contributed by atoms with Crippen LogP contribution in [0.25, 0.3) is 22.2 Å². The van der Waals surface area contributed by atoms with Crippen LogP contribution in [0.15, 0.2) is 54.6 Å². The quantitative estimate of drug-likeness (QED) is 0.375. The molecular formula is C23H25N. The summed E-state index contributed by atoms with van der Waals surface area (Å²) in [6.45, 7) is 11.5. The molecule has 0 spiro atoms. The van der Waals surface area contributed by atoms with Crippen molar-refractivity contribution in [2.24, 2.45) is 0 Å². The predicted octanol–water partition coefficient (Wildman–Crippen LogP) is 5.61. The van der Waals surface area contributed by atoms with Gasteiger partial charge in [-0.2, -0.15) is 0 Å². The van der Waals surface area contributed by atoms with Crippen molar-refractivity contribution in [1.82, 2.24) is 0 Å². The molecule has 1 aliphatic heterocycles. The number of benzene rings is 2. The molecule has 1 aliphatic rings. The van der Waals surface area contributed by atoms with Gasteiger partial charge in [0.25, 0.3) is 0 Å². The molecule has 0 aliphatic carbocycles. The summed E-state index contributed by atoms with van der Waals surface area (Å²) in [5.74, 6) is 0.422. The van der Waals surface area contributed by atoms with Gasteiger partial charge in [-0.1, -0.05) is 70.2 Å². The van der Waals surface area contributed by atoms with Gasteiger partial charge in [-0.3, -0.25) is 0 Å². The number of rotatable bonds is 0. The number of hydrogen-bond acceptors (Lipinski definition) is 0. The van der Waals surface area contributed by atoms with Crippen molar-refractivity contribution < 1.29 is 4.57 Å². The van der Waals surface area contributed by atoms with Crippen LogP contribution in [-0.4, -0.2) is 0 Å². The van der Waals surface area contributed by atoms with Crippen LogP contribution in [0.4, 0.5) is 0 Å². The lowest BCUT2D eigenvalue weighted by Gasteiger charge is -2.34. The van der Waals surface area contributed by atoms with E-state index in [0.29, 0.717) is 5.92 Å². The molecule has 2 heterocycles. The Morgan fingerprint density at radius 1 is 0.958 bits per heavy atom. The highest BCUT2D eigenvalue weighted by atomic mass is 15.0. The molecule has 4 rings (SSSR count). The van der Waals surface area contributed by atoms with Crippen LogP contribution in [0.5, 0.6) is 0 Å². The van der Waals surface area contributed by atoms with E-state index in [1.54, 1.807) is 0 Å². The fraction of sp³-hybridized carbons (Fsp3) is 0.304. The lowest BCUT2D eigenvalue weighted by molar-refractivity contribution is -0.624. The van der Waals surface area contributed by atoms with Crippen molar-refractivity contribution >= 4 is 10.9 Å². The third-order valence-corrected chi connectivity index (χ3v) is 5.48. The summed E-state index contributed by atoms with van der Waals surface area (Å²) in [5, 5.41) is 1.29. The molecule has 2 aromatic carbocycles. The van der Waals surface area contributed by atoms with E-state index in [-0.39, 0.29) is 5.41 Å². The van der Waals surface area contributed by atoms with Crippen LogP contribution in [-0.2, 0) is 5.41 Å². The summed E-state index contributed by atoms with van der Waals surface area (Å²) in [4.78, 5) is 0. The standard InChI is InChI=1S/C23H25N/c1-15-16(2)24-21-9-7-6-8-17(21)10-13-22(24)19-12-11-18(14-20(15)19)23(3,4)5/h6-15H,1-5H3. The second kappa shape index (κ2) is 5.11. The van der Waals surface area contributed by atoms with Crippen LogP contribution in [0.1, 0.15) is 51.7 Å². The number of nitrogens with zero attached hydrogens (tertiary/aromatic N) is 1. The van der Waals surface area contributed by atoms with E-state index in [9.17, 15) is 0 Å². The minimum absolute atomic E-state index is 0.180. The van der Waals surface area contributed by atoms with Crippen molar-refractivity contribution in [3.63, 3.8) is 0 Å². The molecule has 0 fully saturated rings. The molecule has 0 N–H and O–H groups in total. The first-order chi connectivity index (χ1) is 11.4. The Kier molecular flexibility index (Phi) is 3.25. The monoisotopic (exact) mass is 315 g/mol. The second-order valence-corrected chi connectivity index (χ2v) is 8.03. The van der Waals surface area contributed by atoms with Gasteiger partial charge in [-0.25, -0.2) is 0 Å². The van der Waals surface area contributed by atoms with Gasteiger partial charge >= 0.3 is 0 Å². The van der Waals surface area contributed by atoms with E-state index in [2.05, 4.69) is 93.8 Å². The number of fused-ring (bicyclic) bond motifs is 5. The Bertz CT molecular complexity index is 930. The Balaban J connectivity index is 2.02. The van der Waals surface area contributed by atoms with E-state index >= 15 is 0 Å². The maximum absolute atomic E-state index is 2.44. The summed E-state index contributed by atoms with van der Waals surface area (Å²) in [6, 6.07) is 21.6. The van der Waals surface area contributed by atoms with Gasteiger partial charge in [0.1, 0.15) is 11.2 Å². The molecule has 0 saturated carbocycles. The fourth-order valence-electron chi connectivity index (χ4n) is 3.83. The average Bonchev–Trinajstić information content (AvgIpc) is 2.57. The van der Waals surface area contributed by atoms with Crippen LogP contribution in [0.3, 0.4) is 0 Å². The Morgan fingerprint density at radius 2 is 1.71 bits per heavy atom. The molecule has 3 aromatic rings. The van der Waals surface area contributed by atoms with E-state index in [4.69, 9.17) is 0 Å². The molecule has 1 nitrogen and oxygen atoms in total. The Labute approximate surface area is 145 Å². The number of hydrogen-bond donors (Lipinski definition) is 0. The van der Waals surface area contributed by atoms with Gasteiger partial charge in [0, 0.05) is 5.92 Å². The third kappa shape index (κ3) is 2.15. The van der Waals surface area contributed by atoms with Gasteiger partial charge in [-0.15, -0.1) is 0 Å². The highest BCUT2D eigenvalue weighted by Crippen LogP contribution is 2.40. The summed E-state index contributed by atoms with van der Waals surface area (Å²) < 4.78 is 2.44. The molecule has 1 atom stereocenters. The zero-order valence-corrected chi connectivity index (χ0v) is 15.2. The topological polar surface area (TPSA) is 3.88 Å². The van der Waals surface area contributed by atoms with E-state index in [1.807, 2.05) is 0 Å². The average molecular weight is 315 g/mol. The van der Waals surface area contributed by atoms with Crippen molar-refractivity contribution in [2.45, 2.75) is 46.0 Å². The minimum atomic E-state index is 0.180. The first-order valence-electron chi connectivity index (χ1n) is 8.80. The molecule has 122 valence electrons. The Hall–Kier alpha value is -2.28. The predicted molar refractivity (Wildman–Crippen MR) is 101 cm³/mol. The molecule has 0 radical (unpaired) electrons. The molecular weight excluding hydrogens is 290 g/mol. The minimum Gasteiger partial charge on any atom is -0.321 e. The van der Waals surface area contributed by atoms with Gasteiger partial charge in [0.2, 0.25) is 0 Å². The summed E-state index contributed by atoms with van der Waals surface area (Å²) in [5.41, 5.74) is 7.02. The summed E-state index contributed by atoms with van der Waals surface area (Å²) >= 11 is 0. The maximum atomic E-state index is 2.44. The lowest BCUT2D eigenvalue weighted by Crippen LogP contribution is -2.46. The first kappa shape index (κ1) is 15.3. The van der Waals surface area contributed by atoms with Gasteiger partial charge in [0.15, 0.2) is 0 Å². The SMILES string of the molecule is C[C-]1C(C)c2cc(C(C)(C)C)ccc2-c2ccc3ccccc3[n+]21. The number of para-hydroxylation sites is 1. The Morgan fingerprint density at radius 3 is 2.46 bits per heavy atom. The van der Waals surface area contributed by atoms with Gasteiger partial charge < -0.3 is 4.57 Å². The molecule has 0 saturated heterocycles. The lowest BCUT2D eigenvalue weighted by atomic mass is 9.79. The highest BCUT2D eigenvalue weighted by molar-refractivity contribution is 5.79. The van der Waals surface area contributed by atoms with Crippen LogP contribution >= 0.6 is 0 Å². The maximum Gasteiger partial charge on any atom is 0.113 e. The third-order valence-electron chi connectivity index (χ3n) is 5.48. The molecule has 1 heteroatoms. The van der Waals surface area contributed by atoms with Crippen LogP contribution in [0, 0.1) is 6.04 Å². The summed E-state index contributed by atoms with van der Waals surface area (Å²) in [7, 11) is 0. The zero-order valence-electron chi connectivity index (χ0n) is 15.2. The van der Waals surface area contributed by atoms with E-state index in [0.717, 1.165) is 0 Å². The highest BCUT2D eigenvalue weighted by Gasteiger charge is 2.30. The van der Waals surface area contributed by atoms with E-state index < -0.39 is 0 Å². The normalized spacial score (nSPS) is 16.9. The molecule has 0 amide bonds. The first-order valence-corrected chi connectivity index (χ1v) is 8.80. The smallest absolute Gasteiger partial charge is 0.113 e. The van der Waals surface area contributed by atoms with Crippen molar-refractivity contribution in [3.05, 3.63) is 71.8 Å². The largest absolute Gasteiger partial charge is 0.321 e.